The maximum atomic E-state index is 11.9. The lowest BCUT2D eigenvalue weighted by molar-refractivity contribution is -0.117. The van der Waals surface area contributed by atoms with Gasteiger partial charge in [-0.1, -0.05) is 12.1 Å². The number of hydrogen-bond acceptors (Lipinski definition) is 4. The van der Waals surface area contributed by atoms with Gasteiger partial charge in [-0.2, -0.15) is 0 Å². The first-order valence-corrected chi connectivity index (χ1v) is 8.22. The Labute approximate surface area is 148 Å². The summed E-state index contributed by atoms with van der Waals surface area (Å²) < 4.78 is 14.7. The summed E-state index contributed by atoms with van der Waals surface area (Å²) in [5.41, 5.74) is 2.59. The molecule has 0 aliphatic heterocycles. The number of pyridine rings is 2. The molecule has 0 atom stereocenters. The molecule has 0 radical (unpaired) electrons. The Bertz CT molecular complexity index is 1040. The van der Waals surface area contributed by atoms with Crippen molar-refractivity contribution in [3.8, 4) is 11.1 Å². The minimum absolute atomic E-state index is 0.0118. The molecule has 1 amide bonds. The number of carbonyl (C=O) groups is 1. The molecule has 2 N–H and O–H groups in total. The van der Waals surface area contributed by atoms with Gasteiger partial charge < -0.3 is 10.4 Å². The van der Waals surface area contributed by atoms with E-state index in [-0.39, 0.29) is 17.5 Å². The van der Waals surface area contributed by atoms with E-state index in [2.05, 4.69) is 15.3 Å². The molecule has 0 bridgehead atoms. The Morgan fingerprint density at radius 2 is 2.08 bits per heavy atom. The van der Waals surface area contributed by atoms with Crippen molar-refractivity contribution in [3.63, 3.8) is 0 Å². The van der Waals surface area contributed by atoms with Crippen molar-refractivity contribution >= 4 is 22.5 Å². The monoisotopic (exact) mass is 335 g/mol. The van der Waals surface area contributed by atoms with E-state index in [0.29, 0.717) is 5.82 Å². The molecule has 1 saturated carbocycles. The van der Waals surface area contributed by atoms with Crippen LogP contribution >= 0.6 is 0 Å². The Balaban J connectivity index is 1.64. The molecular formula is C20H19N3O2. The number of nitrogens with zero attached hydrogens (tertiary/aromatic N) is 2. The number of aliphatic hydroxyl groups is 1. The topological polar surface area (TPSA) is 75.1 Å². The first kappa shape index (κ1) is 13.5. The van der Waals surface area contributed by atoms with Gasteiger partial charge in [0, 0.05) is 29.3 Å². The van der Waals surface area contributed by atoms with E-state index in [1.165, 1.54) is 0 Å². The summed E-state index contributed by atoms with van der Waals surface area (Å²) in [6.45, 7) is -0.608. The highest BCUT2D eigenvalue weighted by atomic mass is 16.3. The van der Waals surface area contributed by atoms with Crippen molar-refractivity contribution < 1.29 is 12.6 Å². The number of fused-ring (bicyclic) bond motifs is 1. The zero-order chi connectivity index (χ0) is 19.2. The number of aryl methyl sites for hydroxylation is 1. The number of carbonyl (C=O) groups excluding carboxylic acids is 1. The van der Waals surface area contributed by atoms with Crippen LogP contribution in [-0.4, -0.2) is 21.0 Å². The van der Waals surface area contributed by atoms with Gasteiger partial charge in [0.2, 0.25) is 5.91 Å². The van der Waals surface area contributed by atoms with Crippen LogP contribution in [0.1, 0.15) is 26.8 Å². The lowest BCUT2D eigenvalue weighted by Gasteiger charge is -2.09. The number of amides is 1. The Morgan fingerprint density at radius 3 is 2.80 bits per heavy atom. The fourth-order valence-corrected chi connectivity index (χ4v) is 2.87. The first-order valence-electron chi connectivity index (χ1n) is 9.22. The average molecular weight is 335 g/mol. The van der Waals surface area contributed by atoms with Gasteiger partial charge >= 0.3 is 0 Å². The maximum absolute atomic E-state index is 11.9. The van der Waals surface area contributed by atoms with Crippen LogP contribution in [0.5, 0.6) is 0 Å². The smallest absolute Gasteiger partial charge is 0.228 e. The minimum atomic E-state index is -2.46. The van der Waals surface area contributed by atoms with E-state index in [0.717, 1.165) is 40.3 Å². The summed E-state index contributed by atoms with van der Waals surface area (Å²) in [5, 5.41) is 14.2. The predicted molar refractivity (Wildman–Crippen MR) is 97.0 cm³/mol. The van der Waals surface area contributed by atoms with E-state index < -0.39 is 6.56 Å². The number of benzene rings is 1. The van der Waals surface area contributed by atoms with Gasteiger partial charge in [0.25, 0.3) is 0 Å². The van der Waals surface area contributed by atoms with Crippen LogP contribution in [0.15, 0.2) is 42.7 Å². The average Bonchev–Trinajstić information content (AvgIpc) is 3.45. The fraction of sp³-hybridized carbons (Fsp3) is 0.250. The van der Waals surface area contributed by atoms with E-state index in [9.17, 15) is 9.90 Å². The van der Waals surface area contributed by atoms with Crippen molar-refractivity contribution in [3.05, 3.63) is 54.0 Å². The number of rotatable bonds is 4. The third-order valence-electron chi connectivity index (χ3n) is 4.46. The van der Waals surface area contributed by atoms with Gasteiger partial charge in [-0.05, 0) is 54.5 Å². The summed E-state index contributed by atoms with van der Waals surface area (Å²) in [4.78, 5) is 20.3. The highest BCUT2D eigenvalue weighted by Gasteiger charge is 2.29. The standard InChI is InChI=1S/C20H19N3O2/c1-12-6-17(11-24)21-10-18(12)15-5-4-14-8-19(22-9-16(14)7-15)23-20(25)13-2-3-13/h4-10,13,24H,2-3,11H2,1H3,(H,22,23,25)/i11D2. The summed E-state index contributed by atoms with van der Waals surface area (Å²) in [6.07, 6.45) is 5.20. The van der Waals surface area contributed by atoms with Gasteiger partial charge in [0.05, 0.1) is 15.0 Å². The first-order chi connectivity index (χ1) is 12.8. The molecule has 1 aromatic carbocycles. The second kappa shape index (κ2) is 6.26. The number of aromatic nitrogens is 2. The molecule has 1 aliphatic carbocycles. The van der Waals surface area contributed by atoms with Crippen molar-refractivity contribution in [2.24, 2.45) is 5.92 Å². The third-order valence-corrected chi connectivity index (χ3v) is 4.46. The molecule has 0 saturated heterocycles. The van der Waals surface area contributed by atoms with E-state index in [1.54, 1.807) is 18.5 Å². The molecule has 2 aromatic heterocycles. The summed E-state index contributed by atoms with van der Waals surface area (Å²) in [6, 6.07) is 9.29. The highest BCUT2D eigenvalue weighted by molar-refractivity contribution is 5.96. The van der Waals surface area contributed by atoms with E-state index in [4.69, 9.17) is 2.74 Å². The number of nitrogens with one attached hydrogen (secondary N) is 1. The van der Waals surface area contributed by atoms with Crippen molar-refractivity contribution in [1.82, 2.24) is 9.97 Å². The van der Waals surface area contributed by atoms with Gasteiger partial charge in [0.15, 0.2) is 0 Å². The Morgan fingerprint density at radius 1 is 1.24 bits per heavy atom. The Kier molecular flexibility index (Phi) is 3.38. The second-order valence-corrected chi connectivity index (χ2v) is 6.39. The lowest BCUT2D eigenvalue weighted by Crippen LogP contribution is -2.14. The van der Waals surface area contributed by atoms with Gasteiger partial charge in [-0.15, -0.1) is 0 Å². The zero-order valence-corrected chi connectivity index (χ0v) is 13.8. The highest BCUT2D eigenvalue weighted by Crippen LogP contribution is 2.31. The maximum Gasteiger partial charge on any atom is 0.228 e. The molecule has 2 heterocycles. The molecule has 126 valence electrons. The van der Waals surface area contributed by atoms with Crippen LogP contribution in [0.2, 0.25) is 0 Å². The number of hydrogen-bond donors (Lipinski definition) is 2. The van der Waals surface area contributed by atoms with Gasteiger partial charge in [0.1, 0.15) is 5.82 Å². The van der Waals surface area contributed by atoms with E-state index in [1.807, 2.05) is 31.2 Å². The molecular weight excluding hydrogens is 314 g/mol. The van der Waals surface area contributed by atoms with Crippen molar-refractivity contribution in [2.45, 2.75) is 26.3 Å². The molecule has 0 unspecified atom stereocenters. The van der Waals surface area contributed by atoms with Crippen LogP contribution in [-0.2, 0) is 11.4 Å². The zero-order valence-electron chi connectivity index (χ0n) is 15.8. The molecule has 3 aromatic rings. The van der Waals surface area contributed by atoms with Gasteiger partial charge in [-0.3, -0.25) is 9.78 Å². The molecule has 5 nitrogen and oxygen atoms in total. The molecule has 25 heavy (non-hydrogen) atoms. The summed E-state index contributed by atoms with van der Waals surface area (Å²) in [7, 11) is 0. The van der Waals surface area contributed by atoms with Gasteiger partial charge in [-0.25, -0.2) is 4.98 Å². The molecule has 5 heteroatoms. The molecule has 1 fully saturated rings. The third kappa shape index (κ3) is 3.23. The largest absolute Gasteiger partial charge is 0.390 e. The second-order valence-electron chi connectivity index (χ2n) is 6.39. The van der Waals surface area contributed by atoms with Crippen molar-refractivity contribution in [2.75, 3.05) is 5.32 Å². The van der Waals surface area contributed by atoms with Crippen LogP contribution in [0, 0.1) is 12.8 Å². The van der Waals surface area contributed by atoms with E-state index >= 15 is 0 Å². The summed E-state index contributed by atoms with van der Waals surface area (Å²) >= 11 is 0. The van der Waals surface area contributed by atoms with Crippen molar-refractivity contribution in [1.29, 1.82) is 0 Å². The molecule has 4 rings (SSSR count). The normalized spacial score (nSPS) is 15.6. The number of anilines is 1. The molecule has 1 aliphatic rings. The Hall–Kier alpha value is -2.79. The van der Waals surface area contributed by atoms with Crippen LogP contribution in [0.4, 0.5) is 5.82 Å². The molecule has 0 spiro atoms. The van der Waals surface area contributed by atoms with Crippen LogP contribution in [0.3, 0.4) is 0 Å². The fourth-order valence-electron chi connectivity index (χ4n) is 2.87. The van der Waals surface area contributed by atoms with Crippen LogP contribution in [0.25, 0.3) is 21.9 Å². The minimum Gasteiger partial charge on any atom is -0.390 e. The SMILES string of the molecule is [2H]C([2H])(O)c1cc(C)c(-c2ccc3cc(NC(=O)C4CC4)ncc3c2)cn1. The quantitative estimate of drug-likeness (QED) is 0.766. The predicted octanol–water partition coefficient (Wildman–Crippen LogP) is 3.45. The summed E-state index contributed by atoms with van der Waals surface area (Å²) in [5.74, 6) is 0.719. The lowest BCUT2D eigenvalue weighted by atomic mass is 10.00. The van der Waals surface area contributed by atoms with Crippen LogP contribution < -0.4 is 5.32 Å².